The maximum absolute atomic E-state index is 14.5. The van der Waals surface area contributed by atoms with E-state index in [1.165, 1.54) is 18.2 Å². The molecule has 2 aliphatic carbocycles. The molecule has 0 radical (unpaired) electrons. The summed E-state index contributed by atoms with van der Waals surface area (Å²) in [6.07, 6.45) is 4.18. The molecule has 38 heavy (non-hydrogen) atoms. The van der Waals surface area contributed by atoms with Crippen molar-refractivity contribution in [3.8, 4) is 22.6 Å². The quantitative estimate of drug-likeness (QED) is 0.398. The maximum Gasteiger partial charge on any atom is 0.135 e. The molecule has 1 saturated carbocycles. The number of halogens is 2. The summed E-state index contributed by atoms with van der Waals surface area (Å²) in [5.74, 6) is -1.22. The van der Waals surface area contributed by atoms with Crippen LogP contribution in [-0.2, 0) is 12.0 Å². The van der Waals surface area contributed by atoms with Gasteiger partial charge in [-0.2, -0.15) is 10.2 Å². The van der Waals surface area contributed by atoms with Gasteiger partial charge >= 0.3 is 0 Å². The zero-order valence-electron chi connectivity index (χ0n) is 21.4. The molecule has 3 atom stereocenters. The van der Waals surface area contributed by atoms with Gasteiger partial charge in [-0.25, -0.2) is 13.8 Å². The summed E-state index contributed by atoms with van der Waals surface area (Å²) in [6, 6.07) is 7.43. The molecule has 2 aliphatic rings. The second kappa shape index (κ2) is 8.71. The number of benzene rings is 1. The lowest BCUT2D eigenvalue weighted by molar-refractivity contribution is 0.0778. The molecule has 0 spiro atoms. The zero-order chi connectivity index (χ0) is 26.8. The van der Waals surface area contributed by atoms with Crippen molar-refractivity contribution < 1.29 is 19.0 Å². The van der Waals surface area contributed by atoms with Gasteiger partial charge < -0.3 is 10.2 Å². The molecular weight excluding hydrogens is 490 g/mol. The average Bonchev–Trinajstić information content (AvgIpc) is 3.46. The third-order valence-electron chi connectivity index (χ3n) is 8.51. The van der Waals surface area contributed by atoms with Crippen LogP contribution in [0.3, 0.4) is 0 Å². The Morgan fingerprint density at radius 2 is 1.84 bits per heavy atom. The lowest BCUT2D eigenvalue weighted by Gasteiger charge is -2.37. The van der Waals surface area contributed by atoms with Crippen LogP contribution >= 0.6 is 0 Å². The molecule has 6 rings (SSSR count). The van der Waals surface area contributed by atoms with E-state index in [-0.39, 0.29) is 35.7 Å². The Balaban J connectivity index is 1.44. The minimum atomic E-state index is -0.912. The van der Waals surface area contributed by atoms with Crippen molar-refractivity contribution in [3.63, 3.8) is 0 Å². The van der Waals surface area contributed by atoms with Crippen LogP contribution in [0.2, 0.25) is 0 Å². The van der Waals surface area contributed by atoms with Crippen molar-refractivity contribution in [1.82, 2.24) is 29.9 Å². The highest BCUT2D eigenvalue weighted by atomic mass is 19.1. The first-order valence-electron chi connectivity index (χ1n) is 12.7. The van der Waals surface area contributed by atoms with E-state index in [1.54, 1.807) is 23.1 Å². The summed E-state index contributed by atoms with van der Waals surface area (Å²) in [4.78, 5) is 9.53. The molecular formula is C28H28F2N6O2. The van der Waals surface area contributed by atoms with Crippen molar-refractivity contribution in [2.75, 3.05) is 6.61 Å². The topological polar surface area (TPSA) is 110 Å². The first-order valence-corrected chi connectivity index (χ1v) is 12.7. The highest BCUT2D eigenvalue weighted by molar-refractivity contribution is 5.64. The molecule has 1 aromatic carbocycles. The minimum Gasteiger partial charge on any atom is -0.394 e. The van der Waals surface area contributed by atoms with Gasteiger partial charge in [-0.05, 0) is 60.9 Å². The average molecular weight is 519 g/mol. The molecule has 196 valence electrons. The second-order valence-corrected chi connectivity index (χ2v) is 10.8. The Kier molecular flexibility index (Phi) is 5.66. The maximum atomic E-state index is 14.5. The van der Waals surface area contributed by atoms with Gasteiger partial charge in [-0.15, -0.1) is 5.10 Å². The third-order valence-corrected chi connectivity index (χ3v) is 8.51. The van der Waals surface area contributed by atoms with Gasteiger partial charge in [0, 0.05) is 11.9 Å². The van der Waals surface area contributed by atoms with E-state index in [1.807, 2.05) is 13.0 Å². The molecule has 0 aliphatic heterocycles. The highest BCUT2D eigenvalue weighted by Crippen LogP contribution is 2.69. The second-order valence-electron chi connectivity index (χ2n) is 10.8. The number of nitrogens with zero attached hydrogens (tertiary/aromatic N) is 6. The molecule has 2 bridgehead atoms. The molecule has 1 fully saturated rings. The molecule has 3 aromatic heterocycles. The normalized spacial score (nSPS) is 22.0. The number of rotatable bonds is 6. The van der Waals surface area contributed by atoms with Crippen LogP contribution in [-0.4, -0.2) is 52.9 Å². The van der Waals surface area contributed by atoms with E-state index in [2.05, 4.69) is 34.1 Å². The van der Waals surface area contributed by atoms with Crippen molar-refractivity contribution in [2.24, 2.45) is 5.41 Å². The van der Waals surface area contributed by atoms with E-state index in [0.29, 0.717) is 11.4 Å². The number of hydrogen-bond donors (Lipinski definition) is 2. The fourth-order valence-corrected chi connectivity index (χ4v) is 6.53. The zero-order valence-corrected chi connectivity index (χ0v) is 21.4. The van der Waals surface area contributed by atoms with E-state index in [9.17, 15) is 19.0 Å². The Morgan fingerprint density at radius 1 is 1.08 bits per heavy atom. The van der Waals surface area contributed by atoms with Crippen molar-refractivity contribution >= 4 is 0 Å². The molecule has 3 heterocycles. The van der Waals surface area contributed by atoms with Crippen LogP contribution in [0.5, 0.6) is 0 Å². The number of aromatic nitrogens is 6. The lowest BCUT2D eigenvalue weighted by atomic mass is 9.66. The van der Waals surface area contributed by atoms with E-state index < -0.39 is 23.2 Å². The van der Waals surface area contributed by atoms with Gasteiger partial charge in [0.05, 0.1) is 53.5 Å². The lowest BCUT2D eigenvalue weighted by Crippen LogP contribution is -2.38. The Hall–Kier alpha value is -3.63. The predicted molar refractivity (Wildman–Crippen MR) is 135 cm³/mol. The fraction of sp³-hybridized carbons (Fsp3) is 0.393. The van der Waals surface area contributed by atoms with Crippen LogP contribution in [0.4, 0.5) is 8.78 Å². The molecule has 0 unspecified atom stereocenters. The number of hydrogen-bond acceptors (Lipinski definition) is 7. The standard InChI is InChI=1S/C28H28F2N6O2/c1-15-9-21(35-36(15)13-16(38)14-37)23-11-31-12-24(32-23)28-8-7-18(27(28,2)3)17-10-22(33-34-26(17)28)25-19(29)5-4-6-20(25)30/h4-6,9-12,16,18,37-38H,7-8,13-14H2,1-3H3/t16-,18+,28+/m1/s1. The predicted octanol–water partition coefficient (Wildman–Crippen LogP) is 3.94. The van der Waals surface area contributed by atoms with Gasteiger partial charge in [-0.1, -0.05) is 19.9 Å². The first-order chi connectivity index (χ1) is 18.2. The van der Waals surface area contributed by atoms with Gasteiger partial charge in [0.15, 0.2) is 0 Å². The van der Waals surface area contributed by atoms with Crippen LogP contribution in [0, 0.1) is 24.0 Å². The van der Waals surface area contributed by atoms with Crippen LogP contribution < -0.4 is 0 Å². The number of aliphatic hydroxyl groups is 2. The molecule has 0 amide bonds. The third kappa shape index (κ3) is 3.43. The van der Waals surface area contributed by atoms with Gasteiger partial charge in [0.1, 0.15) is 23.0 Å². The van der Waals surface area contributed by atoms with Crippen LogP contribution in [0.15, 0.2) is 42.7 Å². The van der Waals surface area contributed by atoms with E-state index in [0.717, 1.165) is 35.5 Å². The van der Waals surface area contributed by atoms with E-state index in [4.69, 9.17) is 4.98 Å². The monoisotopic (exact) mass is 518 g/mol. The SMILES string of the molecule is Cc1cc(-c2cncc([C@@]34CC[C@@H](c5cc(-c6c(F)cccc6F)nnc53)C4(C)C)n2)nn1C[C@@H](O)CO. The fourth-order valence-electron chi connectivity index (χ4n) is 6.53. The van der Waals surface area contributed by atoms with Crippen molar-refractivity contribution in [1.29, 1.82) is 0 Å². The smallest absolute Gasteiger partial charge is 0.135 e. The van der Waals surface area contributed by atoms with Crippen molar-refractivity contribution in [3.05, 3.63) is 77.0 Å². The van der Waals surface area contributed by atoms with Gasteiger partial charge in [0.25, 0.3) is 0 Å². The van der Waals surface area contributed by atoms with Gasteiger partial charge in [-0.3, -0.25) is 9.67 Å². The molecule has 8 nitrogen and oxygen atoms in total. The van der Waals surface area contributed by atoms with Crippen molar-refractivity contribution in [2.45, 2.75) is 57.6 Å². The Labute approximate surface area is 218 Å². The van der Waals surface area contributed by atoms with E-state index >= 15 is 0 Å². The number of fused-ring (bicyclic) bond motifs is 5. The number of aliphatic hydroxyl groups excluding tert-OH is 2. The first kappa shape index (κ1) is 24.7. The minimum absolute atomic E-state index is 0.119. The summed E-state index contributed by atoms with van der Waals surface area (Å²) < 4.78 is 30.7. The van der Waals surface area contributed by atoms with Crippen LogP contribution in [0.1, 0.15) is 55.3 Å². The summed E-state index contributed by atoms with van der Waals surface area (Å²) in [5, 5.41) is 32.5. The Morgan fingerprint density at radius 3 is 2.58 bits per heavy atom. The molecule has 4 aromatic rings. The summed E-state index contributed by atoms with van der Waals surface area (Å²) in [5.41, 5.74) is 3.65. The molecule has 10 heteroatoms. The summed E-state index contributed by atoms with van der Waals surface area (Å²) >= 11 is 0. The van der Waals surface area contributed by atoms with Crippen LogP contribution in [0.25, 0.3) is 22.6 Å². The van der Waals surface area contributed by atoms with Gasteiger partial charge in [0.2, 0.25) is 0 Å². The molecule has 0 saturated heterocycles. The Bertz CT molecular complexity index is 1530. The number of aryl methyl sites for hydroxylation is 1. The molecule has 2 N–H and O–H groups in total. The largest absolute Gasteiger partial charge is 0.394 e. The summed E-state index contributed by atoms with van der Waals surface area (Å²) in [7, 11) is 0. The highest BCUT2D eigenvalue weighted by Gasteiger charge is 2.65. The summed E-state index contributed by atoms with van der Waals surface area (Å²) in [6.45, 7) is 6.05.